The molecule has 17 heavy (non-hydrogen) atoms. The number of rotatable bonds is 4. The Bertz CT molecular complexity index is 389. The van der Waals surface area contributed by atoms with Crippen molar-refractivity contribution < 1.29 is 4.79 Å². The molecule has 1 atom stereocenters. The number of hydrogen-bond acceptors (Lipinski definition) is 3. The summed E-state index contributed by atoms with van der Waals surface area (Å²) in [6.07, 6.45) is 2.02. The van der Waals surface area contributed by atoms with Crippen molar-refractivity contribution in [1.82, 2.24) is 10.2 Å². The number of thiophene rings is 1. The fourth-order valence-electron chi connectivity index (χ4n) is 2.47. The molecule has 0 spiro atoms. The minimum absolute atomic E-state index is 0.232. The molecular formula is C13H20N2OS. The van der Waals surface area contributed by atoms with Gasteiger partial charge in [0, 0.05) is 11.4 Å². The second-order valence-corrected chi connectivity index (χ2v) is 5.34. The van der Waals surface area contributed by atoms with E-state index in [0.29, 0.717) is 6.54 Å². The molecule has 2 heterocycles. The zero-order valence-corrected chi connectivity index (χ0v) is 11.3. The topological polar surface area (TPSA) is 32.3 Å². The smallest absolute Gasteiger partial charge is 0.237 e. The summed E-state index contributed by atoms with van der Waals surface area (Å²) in [6, 6.07) is 2.47. The molecule has 1 unspecified atom stereocenters. The summed E-state index contributed by atoms with van der Waals surface area (Å²) in [5.41, 5.74) is 1.37. The second kappa shape index (κ2) is 5.65. The van der Waals surface area contributed by atoms with Crippen LogP contribution in [0, 0.1) is 0 Å². The molecule has 94 valence electrons. The van der Waals surface area contributed by atoms with Crippen molar-refractivity contribution >= 4 is 17.2 Å². The van der Waals surface area contributed by atoms with Gasteiger partial charge in [-0.3, -0.25) is 4.79 Å². The maximum absolute atomic E-state index is 12.1. The lowest BCUT2D eigenvalue weighted by Gasteiger charge is -2.35. The number of nitrogens with zero attached hydrogens (tertiary/aromatic N) is 1. The van der Waals surface area contributed by atoms with Crippen LogP contribution in [0.2, 0.25) is 0 Å². The standard InChI is InChI=1S/C13H20N2OS/c1-3-11-10-6-8-17-12(10)5-7-15(11)13(16)9-14-4-2/h6,8,11,14H,3-5,7,9H2,1-2H3. The molecule has 1 aliphatic heterocycles. The summed E-state index contributed by atoms with van der Waals surface area (Å²) in [5, 5.41) is 5.26. The largest absolute Gasteiger partial charge is 0.334 e. The summed E-state index contributed by atoms with van der Waals surface area (Å²) < 4.78 is 0. The number of carbonyl (C=O) groups is 1. The van der Waals surface area contributed by atoms with E-state index in [0.717, 1.165) is 25.9 Å². The van der Waals surface area contributed by atoms with Crippen LogP contribution in [0.1, 0.15) is 36.8 Å². The van der Waals surface area contributed by atoms with Gasteiger partial charge < -0.3 is 10.2 Å². The van der Waals surface area contributed by atoms with Gasteiger partial charge in [-0.15, -0.1) is 11.3 Å². The van der Waals surface area contributed by atoms with Crippen LogP contribution in [0.3, 0.4) is 0 Å². The molecule has 1 amide bonds. The van der Waals surface area contributed by atoms with Gasteiger partial charge in [0.05, 0.1) is 12.6 Å². The molecule has 0 radical (unpaired) electrons. The molecule has 0 saturated heterocycles. The van der Waals surface area contributed by atoms with Crippen molar-refractivity contribution in [2.45, 2.75) is 32.7 Å². The third kappa shape index (κ3) is 2.53. The fraction of sp³-hybridized carbons (Fsp3) is 0.615. The summed E-state index contributed by atoms with van der Waals surface area (Å²) >= 11 is 1.82. The van der Waals surface area contributed by atoms with Gasteiger partial charge in [0.1, 0.15) is 0 Å². The first-order valence-corrected chi connectivity index (χ1v) is 7.22. The minimum atomic E-state index is 0.232. The minimum Gasteiger partial charge on any atom is -0.334 e. The van der Waals surface area contributed by atoms with Gasteiger partial charge in [0.25, 0.3) is 0 Å². The molecule has 1 N–H and O–H groups in total. The lowest BCUT2D eigenvalue weighted by atomic mass is 9.98. The molecule has 3 nitrogen and oxygen atoms in total. The Labute approximate surface area is 107 Å². The Morgan fingerprint density at radius 3 is 3.12 bits per heavy atom. The molecule has 1 aromatic heterocycles. The van der Waals surface area contributed by atoms with E-state index >= 15 is 0 Å². The van der Waals surface area contributed by atoms with Gasteiger partial charge in [0.2, 0.25) is 5.91 Å². The number of amides is 1. The predicted octanol–water partition coefficient (Wildman–Crippen LogP) is 2.19. The first-order valence-electron chi connectivity index (χ1n) is 6.34. The summed E-state index contributed by atoms with van der Waals surface area (Å²) in [7, 11) is 0. The molecule has 2 rings (SSSR count). The first-order chi connectivity index (χ1) is 8.27. The van der Waals surface area contributed by atoms with E-state index in [1.165, 1.54) is 10.4 Å². The van der Waals surface area contributed by atoms with Gasteiger partial charge in [-0.2, -0.15) is 0 Å². The Morgan fingerprint density at radius 2 is 2.41 bits per heavy atom. The number of carbonyl (C=O) groups excluding carboxylic acids is 1. The highest BCUT2D eigenvalue weighted by atomic mass is 32.1. The van der Waals surface area contributed by atoms with E-state index in [1.54, 1.807) is 0 Å². The van der Waals surface area contributed by atoms with Crippen LogP contribution < -0.4 is 5.32 Å². The van der Waals surface area contributed by atoms with Crippen molar-refractivity contribution in [3.63, 3.8) is 0 Å². The lowest BCUT2D eigenvalue weighted by Crippen LogP contribution is -2.43. The monoisotopic (exact) mass is 252 g/mol. The Morgan fingerprint density at radius 1 is 1.59 bits per heavy atom. The number of hydrogen-bond donors (Lipinski definition) is 1. The molecular weight excluding hydrogens is 232 g/mol. The van der Waals surface area contributed by atoms with E-state index in [-0.39, 0.29) is 11.9 Å². The van der Waals surface area contributed by atoms with Gasteiger partial charge in [0.15, 0.2) is 0 Å². The van der Waals surface area contributed by atoms with E-state index in [1.807, 2.05) is 23.2 Å². The molecule has 1 aromatic rings. The average Bonchev–Trinajstić information content (AvgIpc) is 2.82. The molecule has 1 aliphatic rings. The number of fused-ring (bicyclic) bond motifs is 1. The quantitative estimate of drug-likeness (QED) is 0.891. The zero-order valence-electron chi connectivity index (χ0n) is 10.5. The van der Waals surface area contributed by atoms with Crippen LogP contribution >= 0.6 is 11.3 Å². The number of likely N-dealkylation sites (N-methyl/N-ethyl adjacent to an activating group) is 1. The van der Waals surface area contributed by atoms with Crippen molar-refractivity contribution in [1.29, 1.82) is 0 Å². The van der Waals surface area contributed by atoms with Crippen molar-refractivity contribution in [2.24, 2.45) is 0 Å². The van der Waals surface area contributed by atoms with Crippen molar-refractivity contribution in [2.75, 3.05) is 19.6 Å². The van der Waals surface area contributed by atoms with E-state index in [2.05, 4.69) is 23.7 Å². The highest BCUT2D eigenvalue weighted by Gasteiger charge is 2.29. The lowest BCUT2D eigenvalue weighted by molar-refractivity contribution is -0.133. The van der Waals surface area contributed by atoms with Gasteiger partial charge in [-0.25, -0.2) is 0 Å². The molecule has 0 aromatic carbocycles. The van der Waals surface area contributed by atoms with Crippen molar-refractivity contribution in [3.8, 4) is 0 Å². The predicted molar refractivity (Wildman–Crippen MR) is 71.3 cm³/mol. The highest BCUT2D eigenvalue weighted by molar-refractivity contribution is 7.10. The maximum Gasteiger partial charge on any atom is 0.237 e. The van der Waals surface area contributed by atoms with Crippen LogP contribution in [0.5, 0.6) is 0 Å². The molecule has 0 fully saturated rings. The van der Waals surface area contributed by atoms with Gasteiger partial charge in [-0.05, 0) is 36.4 Å². The third-order valence-electron chi connectivity index (χ3n) is 3.33. The zero-order chi connectivity index (χ0) is 12.3. The molecule has 4 heteroatoms. The summed E-state index contributed by atoms with van der Waals surface area (Å²) in [4.78, 5) is 15.6. The van der Waals surface area contributed by atoms with Crippen molar-refractivity contribution in [3.05, 3.63) is 21.9 Å². The summed E-state index contributed by atoms with van der Waals surface area (Å²) in [5.74, 6) is 0.232. The van der Waals surface area contributed by atoms with E-state index < -0.39 is 0 Å². The van der Waals surface area contributed by atoms with Crippen LogP contribution in [0.15, 0.2) is 11.4 Å². The Kier molecular flexibility index (Phi) is 4.18. The van der Waals surface area contributed by atoms with Crippen LogP contribution in [-0.2, 0) is 11.2 Å². The van der Waals surface area contributed by atoms with Gasteiger partial charge in [-0.1, -0.05) is 13.8 Å². The molecule has 0 aliphatic carbocycles. The SMILES string of the molecule is CCNCC(=O)N1CCc2sccc2C1CC. The normalized spacial score (nSPS) is 19.2. The fourth-order valence-corrected chi connectivity index (χ4v) is 3.40. The third-order valence-corrected chi connectivity index (χ3v) is 4.32. The second-order valence-electron chi connectivity index (χ2n) is 4.34. The first kappa shape index (κ1) is 12.6. The Hall–Kier alpha value is -0.870. The maximum atomic E-state index is 12.1. The van der Waals surface area contributed by atoms with Gasteiger partial charge >= 0.3 is 0 Å². The number of nitrogens with one attached hydrogen (secondary N) is 1. The molecule has 0 saturated carbocycles. The molecule has 0 bridgehead atoms. The van der Waals surface area contributed by atoms with E-state index in [4.69, 9.17) is 0 Å². The van der Waals surface area contributed by atoms with Crippen LogP contribution in [-0.4, -0.2) is 30.4 Å². The van der Waals surface area contributed by atoms with Crippen LogP contribution in [0.25, 0.3) is 0 Å². The Balaban J connectivity index is 2.12. The summed E-state index contributed by atoms with van der Waals surface area (Å²) in [6.45, 7) is 6.37. The van der Waals surface area contributed by atoms with E-state index in [9.17, 15) is 4.79 Å². The average molecular weight is 252 g/mol. The van der Waals surface area contributed by atoms with Crippen LogP contribution in [0.4, 0.5) is 0 Å². The highest BCUT2D eigenvalue weighted by Crippen LogP contribution is 2.34.